The standard InChI is InChI=1S/2C7H11N2.2BrH/c2*1-3-8-5-6-9(4-2)7-8;;/h2*3,5-7H,1,4H2,2H3;2*1H/q2*+1;;/p-2. The number of hydrogen-bond acceptors (Lipinski definition) is 0. The van der Waals surface area contributed by atoms with Gasteiger partial charge in [-0.2, -0.15) is 0 Å². The van der Waals surface area contributed by atoms with Crippen molar-refractivity contribution in [1.29, 1.82) is 0 Å². The lowest BCUT2D eigenvalue weighted by molar-refractivity contribution is -0.692. The van der Waals surface area contributed by atoms with Gasteiger partial charge in [0.25, 0.3) is 0 Å². The van der Waals surface area contributed by atoms with Gasteiger partial charge in [0, 0.05) is 0 Å². The van der Waals surface area contributed by atoms with E-state index >= 15 is 0 Å². The predicted molar refractivity (Wildman–Crippen MR) is 73.4 cm³/mol. The molecule has 0 bridgehead atoms. The normalized spacial score (nSPS) is 8.50. The van der Waals surface area contributed by atoms with Crippen molar-refractivity contribution in [1.82, 2.24) is 9.13 Å². The smallest absolute Gasteiger partial charge is 0.248 e. The van der Waals surface area contributed by atoms with Crippen LogP contribution in [0.15, 0.2) is 50.6 Å². The molecule has 0 aromatic carbocycles. The van der Waals surface area contributed by atoms with Crippen LogP contribution in [-0.2, 0) is 13.1 Å². The highest BCUT2D eigenvalue weighted by Crippen LogP contribution is 1.82. The minimum absolute atomic E-state index is 0. The summed E-state index contributed by atoms with van der Waals surface area (Å²) in [7, 11) is 0. The number of halogens is 2. The van der Waals surface area contributed by atoms with Crippen LogP contribution in [0.4, 0.5) is 0 Å². The molecule has 4 nitrogen and oxygen atoms in total. The Morgan fingerprint density at radius 2 is 1.20 bits per heavy atom. The Balaban J connectivity index is 0. The van der Waals surface area contributed by atoms with Crippen molar-refractivity contribution in [2.24, 2.45) is 0 Å². The van der Waals surface area contributed by atoms with Crippen LogP contribution in [0.5, 0.6) is 0 Å². The van der Waals surface area contributed by atoms with Gasteiger partial charge in [0.15, 0.2) is 0 Å². The molecule has 2 aromatic rings. The van der Waals surface area contributed by atoms with Gasteiger partial charge >= 0.3 is 0 Å². The monoisotopic (exact) mass is 404 g/mol. The minimum Gasteiger partial charge on any atom is -1.00 e. The van der Waals surface area contributed by atoms with Crippen molar-refractivity contribution < 1.29 is 43.1 Å². The topological polar surface area (TPSA) is 17.6 Å². The number of aromatic nitrogens is 4. The van der Waals surface area contributed by atoms with E-state index in [4.69, 9.17) is 0 Å². The quantitative estimate of drug-likeness (QED) is 0.459. The van der Waals surface area contributed by atoms with E-state index in [2.05, 4.69) is 36.1 Å². The molecule has 20 heavy (non-hydrogen) atoms. The summed E-state index contributed by atoms with van der Waals surface area (Å²) in [5.41, 5.74) is 0. The highest BCUT2D eigenvalue weighted by atomic mass is 79.9. The predicted octanol–water partition coefficient (Wildman–Crippen LogP) is -4.20. The molecule has 0 aliphatic rings. The van der Waals surface area contributed by atoms with Crippen molar-refractivity contribution in [2.45, 2.75) is 26.9 Å². The van der Waals surface area contributed by atoms with Crippen molar-refractivity contribution in [3.63, 3.8) is 0 Å². The Kier molecular flexibility index (Phi) is 12.3. The second kappa shape index (κ2) is 11.7. The third-order valence-corrected chi connectivity index (χ3v) is 2.58. The fourth-order valence-corrected chi connectivity index (χ4v) is 1.41. The first-order chi connectivity index (χ1) is 8.73. The van der Waals surface area contributed by atoms with E-state index in [1.54, 1.807) is 12.4 Å². The third kappa shape index (κ3) is 6.86. The summed E-state index contributed by atoms with van der Waals surface area (Å²) in [4.78, 5) is 0. The zero-order chi connectivity index (χ0) is 13.4. The van der Waals surface area contributed by atoms with E-state index in [-0.39, 0.29) is 34.0 Å². The molecule has 0 radical (unpaired) electrons. The van der Waals surface area contributed by atoms with Gasteiger partial charge in [0.05, 0.1) is 25.5 Å². The van der Waals surface area contributed by atoms with E-state index in [0.717, 1.165) is 13.1 Å². The Morgan fingerprint density at radius 1 is 0.850 bits per heavy atom. The lowest BCUT2D eigenvalue weighted by Gasteiger charge is -1.81. The van der Waals surface area contributed by atoms with Crippen LogP contribution in [-0.4, -0.2) is 9.13 Å². The molecule has 112 valence electrons. The fraction of sp³-hybridized carbons (Fsp3) is 0.286. The molecule has 0 N–H and O–H groups in total. The number of rotatable bonds is 4. The molecule has 0 unspecified atom stereocenters. The van der Waals surface area contributed by atoms with Gasteiger partial charge in [0.2, 0.25) is 12.7 Å². The average molecular weight is 406 g/mol. The van der Waals surface area contributed by atoms with Gasteiger partial charge in [-0.1, -0.05) is 13.2 Å². The van der Waals surface area contributed by atoms with Crippen LogP contribution >= 0.6 is 0 Å². The summed E-state index contributed by atoms with van der Waals surface area (Å²) >= 11 is 0. The van der Waals surface area contributed by atoms with Crippen LogP contribution < -0.4 is 43.1 Å². The molecule has 0 amide bonds. The van der Waals surface area contributed by atoms with Crippen LogP contribution in [0.2, 0.25) is 0 Å². The number of aryl methyl sites for hydroxylation is 2. The summed E-state index contributed by atoms with van der Waals surface area (Å²) in [5, 5.41) is 0. The van der Waals surface area contributed by atoms with Crippen LogP contribution in [0.1, 0.15) is 13.8 Å². The minimum atomic E-state index is 0. The molecular weight excluding hydrogens is 384 g/mol. The number of nitrogens with zero attached hydrogens (tertiary/aromatic N) is 4. The fourth-order valence-electron chi connectivity index (χ4n) is 1.41. The zero-order valence-electron chi connectivity index (χ0n) is 12.0. The molecule has 2 heterocycles. The summed E-state index contributed by atoms with van der Waals surface area (Å²) < 4.78 is 8.01. The molecule has 2 rings (SSSR count). The van der Waals surface area contributed by atoms with Gasteiger partial charge in [-0.05, 0) is 13.8 Å². The number of imidazole rings is 2. The van der Waals surface area contributed by atoms with E-state index in [0.29, 0.717) is 0 Å². The van der Waals surface area contributed by atoms with Crippen molar-refractivity contribution >= 4 is 12.4 Å². The first kappa shape index (κ1) is 21.2. The Bertz CT molecular complexity index is 457. The van der Waals surface area contributed by atoms with Crippen molar-refractivity contribution in [2.75, 3.05) is 0 Å². The summed E-state index contributed by atoms with van der Waals surface area (Å²) in [6.45, 7) is 13.5. The number of hydrogen-bond donors (Lipinski definition) is 0. The first-order valence-corrected chi connectivity index (χ1v) is 6.11. The van der Waals surface area contributed by atoms with Crippen LogP contribution in [0, 0.1) is 0 Å². The van der Waals surface area contributed by atoms with Gasteiger partial charge in [0.1, 0.15) is 24.8 Å². The highest BCUT2D eigenvalue weighted by molar-refractivity contribution is 5.13. The van der Waals surface area contributed by atoms with E-state index in [1.807, 2.05) is 46.6 Å². The Hall–Kier alpha value is -1.14. The lowest BCUT2D eigenvalue weighted by atomic mass is 10.7. The first-order valence-electron chi connectivity index (χ1n) is 6.11. The van der Waals surface area contributed by atoms with Crippen molar-refractivity contribution in [3.8, 4) is 0 Å². The molecule has 0 saturated carbocycles. The van der Waals surface area contributed by atoms with Gasteiger partial charge in [-0.15, -0.1) is 0 Å². The van der Waals surface area contributed by atoms with Crippen LogP contribution in [0.25, 0.3) is 12.4 Å². The van der Waals surface area contributed by atoms with Gasteiger partial charge < -0.3 is 34.0 Å². The third-order valence-electron chi connectivity index (χ3n) is 2.58. The molecule has 6 heteroatoms. The van der Waals surface area contributed by atoms with E-state index in [1.165, 1.54) is 0 Å². The van der Waals surface area contributed by atoms with Crippen molar-refractivity contribution in [3.05, 3.63) is 50.6 Å². The maximum absolute atomic E-state index is 3.63. The molecule has 0 atom stereocenters. The molecule has 2 aromatic heterocycles. The maximum Gasteiger partial charge on any atom is 0.248 e. The molecule has 0 aliphatic heterocycles. The Morgan fingerprint density at radius 3 is 1.35 bits per heavy atom. The second-order valence-corrected chi connectivity index (χ2v) is 3.75. The molecular formula is C14H22Br2N4. The zero-order valence-corrected chi connectivity index (χ0v) is 15.2. The molecule has 0 saturated heterocycles. The summed E-state index contributed by atoms with van der Waals surface area (Å²) in [6.07, 6.45) is 15.5. The summed E-state index contributed by atoms with van der Waals surface area (Å²) in [6, 6.07) is 0. The molecule has 0 fully saturated rings. The van der Waals surface area contributed by atoms with E-state index < -0.39 is 0 Å². The molecule has 0 spiro atoms. The average Bonchev–Trinajstić information content (AvgIpc) is 3.07. The lowest BCUT2D eigenvalue weighted by Crippen LogP contribution is -3.00. The molecule has 0 aliphatic carbocycles. The van der Waals surface area contributed by atoms with Gasteiger partial charge in [-0.25, -0.2) is 18.3 Å². The summed E-state index contributed by atoms with van der Waals surface area (Å²) in [5.74, 6) is 0. The van der Waals surface area contributed by atoms with E-state index in [9.17, 15) is 0 Å². The Labute approximate surface area is 142 Å². The van der Waals surface area contributed by atoms with Crippen LogP contribution in [0.3, 0.4) is 0 Å². The SMILES string of the molecule is C=Cn1cc[n+](CC)c1.C=Cn1cc[n+](CC)c1.[Br-].[Br-]. The van der Waals surface area contributed by atoms with Gasteiger partial charge in [-0.3, -0.25) is 0 Å². The largest absolute Gasteiger partial charge is 1.00 e. The highest BCUT2D eigenvalue weighted by Gasteiger charge is 1.95. The second-order valence-electron chi connectivity index (χ2n) is 3.75. The maximum atomic E-state index is 3.63.